The summed E-state index contributed by atoms with van der Waals surface area (Å²) in [7, 11) is 33.0. The van der Waals surface area contributed by atoms with Crippen molar-refractivity contribution in [2.45, 2.75) is 0 Å². The zero-order valence-corrected chi connectivity index (χ0v) is 9.33. The van der Waals surface area contributed by atoms with Crippen LogP contribution in [0.2, 0.25) is 1.41 Å². The molecule has 47 valence electrons. The molecule has 0 spiro atoms. The van der Waals surface area contributed by atoms with Crippen LogP contribution in [0.5, 0.6) is 0 Å². The molecule has 1 N–H and O–H groups in total. The summed E-state index contributed by atoms with van der Waals surface area (Å²) < 4.78 is 8.47. The Morgan fingerprint density at radius 2 is 1.62 bits per heavy atom. The summed E-state index contributed by atoms with van der Waals surface area (Å²) in [4.78, 5) is 0. The minimum absolute atomic E-state index is 0.538. The minimum Gasteiger partial charge on any atom is -0.687 e. The van der Waals surface area contributed by atoms with Crippen LogP contribution in [0.1, 0.15) is 0 Å². The molecule has 0 atom stereocenters. The first-order chi connectivity index (χ1) is 6.29. The average Bonchev–Trinajstić information content (AvgIpc) is 1.96. The van der Waals surface area contributed by atoms with E-state index in [2.05, 4.69) is 0 Å². The van der Waals surface area contributed by atoms with Crippen LogP contribution in [0.25, 0.3) is 0 Å². The van der Waals surface area contributed by atoms with Gasteiger partial charge in [-0.05, 0) is 36.0 Å². The fourth-order valence-corrected chi connectivity index (χ4v) is 1.84. The van der Waals surface area contributed by atoms with Crippen molar-refractivity contribution in [1.29, 1.82) is 0 Å². The molecule has 0 bridgehead atoms. The molecule has 0 aliphatic rings. The third-order valence-corrected chi connectivity index (χ3v) is 2.43. The van der Waals surface area contributed by atoms with Gasteiger partial charge in [-0.2, -0.15) is 0 Å². The molecule has 0 aromatic carbocycles. The first kappa shape index (κ1) is 12.5. The van der Waals surface area contributed by atoms with E-state index < -0.39 is 32.2 Å². The summed E-state index contributed by atoms with van der Waals surface area (Å²) in [5, 5.41) is 0. The summed E-state index contributed by atoms with van der Waals surface area (Å²) in [6.07, 6.45) is -2.85. The van der Waals surface area contributed by atoms with Crippen LogP contribution in [0, 0.1) is 0 Å². The Hall–Kier alpha value is 1.40. The first-order valence-corrected chi connectivity index (χ1v) is 4.73. The van der Waals surface area contributed by atoms with Crippen LogP contribution < -0.4 is 3.43 Å². The van der Waals surface area contributed by atoms with E-state index in [0.29, 0.717) is 0 Å². The highest BCUT2D eigenvalue weighted by Gasteiger charge is 2.30. The molecule has 0 aliphatic heterocycles. The Kier molecular flexibility index (Phi) is 6.53. The van der Waals surface area contributed by atoms with Crippen molar-refractivity contribution in [3.05, 3.63) is 0 Å². The summed E-state index contributed by atoms with van der Waals surface area (Å²) >= 11 is 1.72. The Morgan fingerprint density at radius 3 is 1.69 bits per heavy atom. The lowest BCUT2D eigenvalue weighted by Crippen LogP contribution is -2.70. The molecular formula is HB11IN-. The third kappa shape index (κ3) is 4.63. The van der Waals surface area contributed by atoms with Crippen LogP contribution in [-0.2, 0) is 0 Å². The van der Waals surface area contributed by atoms with Gasteiger partial charge in [-0.1, -0.05) is 0 Å². The smallest absolute Gasteiger partial charge is 0.126 e. The highest BCUT2D eigenvalue weighted by atomic mass is 127. The molecule has 0 amide bonds. The lowest BCUT2D eigenvalue weighted by atomic mass is 8.57. The Balaban J connectivity index is 4.74. The van der Waals surface area contributed by atoms with Gasteiger partial charge in [0.05, 0.1) is 0 Å². The summed E-state index contributed by atoms with van der Waals surface area (Å²) in [5.41, 5.74) is 0. The lowest BCUT2D eigenvalue weighted by molar-refractivity contribution is 1.80. The summed E-state index contributed by atoms with van der Waals surface area (Å²) in [6, 6.07) is 0. The maximum absolute atomic E-state index is 7.42. The summed E-state index contributed by atoms with van der Waals surface area (Å²) in [5.74, 6) is 0. The maximum atomic E-state index is 7.42. The first-order valence-electron chi connectivity index (χ1n) is 4.21. The van der Waals surface area contributed by atoms with E-state index in [-0.39, 0.29) is 0 Å². The molecule has 13 heteroatoms. The van der Waals surface area contributed by atoms with Crippen LogP contribution in [0.3, 0.4) is 0 Å². The average molecular weight is 263 g/mol. The monoisotopic (exact) mass is 265 g/mol. The van der Waals surface area contributed by atoms with Gasteiger partial charge in [0.25, 0.3) is 0 Å². The van der Waals surface area contributed by atoms with Gasteiger partial charge in [-0.15, -0.1) is 0 Å². The molecular weight excluding hydrogens is 260 g/mol. The molecule has 0 saturated heterocycles. The molecule has 0 fully saturated rings. The second-order valence-electron chi connectivity index (χ2n) is 2.90. The van der Waals surface area contributed by atoms with E-state index in [0.717, 1.165) is 3.43 Å². The van der Waals surface area contributed by atoms with E-state index in [9.17, 15) is 0 Å². The quantitative estimate of drug-likeness (QED) is 0.305. The molecule has 0 saturated carbocycles. The zero-order chi connectivity index (χ0) is 11.5. The summed E-state index contributed by atoms with van der Waals surface area (Å²) in [6.45, 7) is -0.587. The molecule has 0 aliphatic carbocycles. The Morgan fingerprint density at radius 1 is 1.15 bits per heavy atom. The fraction of sp³-hybridized carbons (Fsp3) is 0. The van der Waals surface area contributed by atoms with Gasteiger partial charge >= 0.3 is 0 Å². The third-order valence-electron chi connectivity index (χ3n) is 1.79. The molecule has 0 heterocycles. The number of hydrogen-bond donors (Lipinski definition) is 1. The Labute approximate surface area is 106 Å². The molecule has 13 heavy (non-hydrogen) atoms. The van der Waals surface area contributed by atoms with Gasteiger partial charge in [0.15, 0.2) is 0 Å². The predicted octanol–water partition coefficient (Wildman–Crippen LogP) is -3.80. The normalized spacial score (nSPS) is 10.5. The van der Waals surface area contributed by atoms with Crippen LogP contribution in [0.15, 0.2) is 0 Å². The van der Waals surface area contributed by atoms with E-state index in [4.69, 9.17) is 47.8 Å². The van der Waals surface area contributed by atoms with Crippen LogP contribution in [0.4, 0.5) is 0 Å². The SMILES string of the molecule is [3H]N(I)B(B([B])[B])B(B([B])[B])B([B])[B-]. The van der Waals surface area contributed by atoms with Crippen molar-refractivity contribution in [1.82, 2.24) is 3.43 Å². The molecule has 1 nitrogen and oxygen atoms in total. The standard InChI is InChI=1S/B11HIN/c1-7(2)10(8(3)4)11(13-12)9(5)6/h13H/q-1/i/hT. The van der Waals surface area contributed by atoms with Gasteiger partial charge in [0.2, 0.25) is 0 Å². The second kappa shape index (κ2) is 6.81. The maximum Gasteiger partial charge on any atom is 0.126 e. The van der Waals surface area contributed by atoms with Crippen LogP contribution in [-0.4, -0.2) is 78.6 Å². The number of halogens is 1. The van der Waals surface area contributed by atoms with Gasteiger partial charge < -0.3 is 11.2 Å². The molecule has 13 radical (unpaired) electrons. The van der Waals surface area contributed by atoms with E-state index in [1.54, 1.807) is 22.9 Å². The van der Waals surface area contributed by atoms with Crippen molar-refractivity contribution in [3.8, 4) is 0 Å². The highest BCUT2D eigenvalue weighted by Crippen LogP contribution is 1.95. The van der Waals surface area contributed by atoms with Gasteiger partial charge in [0, 0.05) is 44.7 Å². The Bertz CT molecular complexity index is 123. The number of hydrogen-bond acceptors (Lipinski definition) is 1. The highest BCUT2D eigenvalue weighted by molar-refractivity contribution is 14.1. The van der Waals surface area contributed by atoms with Crippen molar-refractivity contribution in [3.63, 3.8) is 0 Å². The van der Waals surface area contributed by atoms with Crippen molar-refractivity contribution < 1.29 is 1.41 Å². The van der Waals surface area contributed by atoms with Gasteiger partial charge in [-0.3, -0.25) is 0 Å². The van der Waals surface area contributed by atoms with Gasteiger partial charge in [-0.25, -0.2) is 6.39 Å². The largest absolute Gasteiger partial charge is 0.687 e. The van der Waals surface area contributed by atoms with Crippen molar-refractivity contribution in [2.75, 3.05) is 0 Å². The fourth-order valence-electron chi connectivity index (χ4n) is 1.10. The molecule has 0 aromatic rings. The van der Waals surface area contributed by atoms with Crippen molar-refractivity contribution >= 4 is 101 Å². The predicted molar refractivity (Wildman–Crippen MR) is 80.4 cm³/mol. The van der Waals surface area contributed by atoms with Crippen molar-refractivity contribution in [2.24, 2.45) is 0 Å². The zero-order valence-electron chi connectivity index (χ0n) is 8.18. The topological polar surface area (TPSA) is 12.0 Å². The molecule has 0 rings (SSSR count). The molecule has 0 unspecified atom stereocenters. The van der Waals surface area contributed by atoms with Crippen LogP contribution >= 0.6 is 22.9 Å². The van der Waals surface area contributed by atoms with Gasteiger partial charge in [0.1, 0.15) is 8.04 Å². The molecule has 0 aromatic heterocycles. The second-order valence-corrected chi connectivity index (χ2v) is 3.45. The lowest BCUT2D eigenvalue weighted by Gasteiger charge is -2.37. The number of nitrogens with one attached hydrogen (secondary N) is 1. The van der Waals surface area contributed by atoms with E-state index >= 15 is 0 Å². The minimum atomic E-state index is -0.779. The number of rotatable bonds is 5. The van der Waals surface area contributed by atoms with E-state index in [1.165, 1.54) is 0 Å². The van der Waals surface area contributed by atoms with E-state index in [1.807, 2.05) is 0 Å².